The van der Waals surface area contributed by atoms with Crippen molar-refractivity contribution >= 4 is 5.91 Å². The second-order valence-corrected chi connectivity index (χ2v) is 5.56. The zero-order valence-corrected chi connectivity index (χ0v) is 12.1. The highest BCUT2D eigenvalue weighted by Crippen LogP contribution is 2.29. The number of rotatable bonds is 9. The van der Waals surface area contributed by atoms with Crippen LogP contribution in [0.3, 0.4) is 0 Å². The fourth-order valence-electron chi connectivity index (χ4n) is 2.41. The summed E-state index contributed by atoms with van der Waals surface area (Å²) < 4.78 is 0. The van der Waals surface area contributed by atoms with Gasteiger partial charge in [0.05, 0.1) is 0 Å². The van der Waals surface area contributed by atoms with Crippen molar-refractivity contribution in [1.29, 1.82) is 0 Å². The lowest BCUT2D eigenvalue weighted by molar-refractivity contribution is -0.132. The molecule has 110 valence electrons. The van der Waals surface area contributed by atoms with Gasteiger partial charge in [0.1, 0.15) is 0 Å². The maximum Gasteiger partial charge on any atom is 0.223 e. The molecule has 0 atom stereocenters. The van der Waals surface area contributed by atoms with Crippen molar-refractivity contribution in [1.82, 2.24) is 9.88 Å². The van der Waals surface area contributed by atoms with Gasteiger partial charge in [0, 0.05) is 31.4 Å². The molecule has 0 saturated heterocycles. The molecule has 1 aliphatic carbocycles. The lowest BCUT2D eigenvalue weighted by Crippen LogP contribution is -2.32. The highest BCUT2D eigenvalue weighted by atomic mass is 16.2. The minimum Gasteiger partial charge on any atom is -0.335 e. The molecule has 1 saturated carbocycles. The fourth-order valence-corrected chi connectivity index (χ4v) is 2.41. The van der Waals surface area contributed by atoms with Crippen LogP contribution in [0.4, 0.5) is 0 Å². The SMILES string of the molecule is NCCCCCCC(=O)N(Cc1ccncc1)C1CC1. The van der Waals surface area contributed by atoms with Gasteiger partial charge in [-0.1, -0.05) is 12.8 Å². The summed E-state index contributed by atoms with van der Waals surface area (Å²) in [5, 5.41) is 0. The van der Waals surface area contributed by atoms with Crippen molar-refractivity contribution in [2.75, 3.05) is 6.54 Å². The summed E-state index contributed by atoms with van der Waals surface area (Å²) in [6.45, 7) is 1.49. The minimum absolute atomic E-state index is 0.303. The Morgan fingerprint density at radius 1 is 1.20 bits per heavy atom. The number of carbonyl (C=O) groups is 1. The monoisotopic (exact) mass is 275 g/mol. The van der Waals surface area contributed by atoms with E-state index >= 15 is 0 Å². The molecule has 0 spiro atoms. The summed E-state index contributed by atoms with van der Waals surface area (Å²) in [5.41, 5.74) is 6.64. The molecule has 2 rings (SSSR count). The predicted octanol–water partition coefficient (Wildman–Crippen LogP) is 2.48. The Hall–Kier alpha value is -1.42. The maximum atomic E-state index is 12.3. The predicted molar refractivity (Wildman–Crippen MR) is 79.9 cm³/mol. The molecule has 1 aromatic rings. The van der Waals surface area contributed by atoms with Gasteiger partial charge in [0.15, 0.2) is 0 Å². The van der Waals surface area contributed by atoms with Gasteiger partial charge < -0.3 is 10.6 Å². The number of amides is 1. The molecule has 1 aliphatic rings. The minimum atomic E-state index is 0.303. The molecule has 1 fully saturated rings. The number of nitrogens with two attached hydrogens (primary N) is 1. The van der Waals surface area contributed by atoms with Crippen molar-refractivity contribution < 1.29 is 4.79 Å². The molecule has 0 radical (unpaired) electrons. The first-order valence-corrected chi connectivity index (χ1v) is 7.69. The Morgan fingerprint density at radius 3 is 2.55 bits per heavy atom. The highest BCUT2D eigenvalue weighted by Gasteiger charge is 2.31. The summed E-state index contributed by atoms with van der Waals surface area (Å²) in [5.74, 6) is 0.303. The lowest BCUT2D eigenvalue weighted by atomic mass is 10.1. The van der Waals surface area contributed by atoms with Crippen molar-refractivity contribution in [3.05, 3.63) is 30.1 Å². The second kappa shape index (κ2) is 8.00. The molecule has 0 bridgehead atoms. The number of hydrogen-bond donors (Lipinski definition) is 1. The van der Waals surface area contributed by atoms with E-state index in [1.165, 1.54) is 5.56 Å². The molecule has 1 heterocycles. The third-order valence-corrected chi connectivity index (χ3v) is 3.76. The Kier molecular flexibility index (Phi) is 5.99. The van der Waals surface area contributed by atoms with E-state index in [4.69, 9.17) is 5.73 Å². The fraction of sp³-hybridized carbons (Fsp3) is 0.625. The first-order valence-electron chi connectivity index (χ1n) is 7.69. The van der Waals surface area contributed by atoms with Crippen molar-refractivity contribution in [3.63, 3.8) is 0 Å². The van der Waals surface area contributed by atoms with E-state index in [0.29, 0.717) is 18.4 Å². The third kappa shape index (κ3) is 4.93. The average Bonchev–Trinajstić information content (AvgIpc) is 3.30. The van der Waals surface area contributed by atoms with Crippen LogP contribution in [0.2, 0.25) is 0 Å². The van der Waals surface area contributed by atoms with E-state index < -0.39 is 0 Å². The number of pyridine rings is 1. The highest BCUT2D eigenvalue weighted by molar-refractivity contribution is 5.76. The van der Waals surface area contributed by atoms with Gasteiger partial charge in [-0.3, -0.25) is 9.78 Å². The van der Waals surface area contributed by atoms with E-state index in [1.54, 1.807) is 12.4 Å². The Balaban J connectivity index is 1.78. The van der Waals surface area contributed by atoms with Crippen LogP contribution >= 0.6 is 0 Å². The van der Waals surface area contributed by atoms with Gasteiger partial charge in [-0.15, -0.1) is 0 Å². The first-order chi connectivity index (χ1) is 9.81. The average molecular weight is 275 g/mol. The normalized spacial score (nSPS) is 14.2. The molecule has 0 aromatic carbocycles. The van der Waals surface area contributed by atoms with Gasteiger partial charge in [0.2, 0.25) is 5.91 Å². The number of hydrogen-bond acceptors (Lipinski definition) is 3. The molecular weight excluding hydrogens is 250 g/mol. The van der Waals surface area contributed by atoms with E-state index in [9.17, 15) is 4.79 Å². The van der Waals surface area contributed by atoms with Crippen LogP contribution in [0.15, 0.2) is 24.5 Å². The molecule has 4 heteroatoms. The number of nitrogens with zero attached hydrogens (tertiary/aromatic N) is 2. The molecule has 1 aromatic heterocycles. The van der Waals surface area contributed by atoms with Crippen molar-refractivity contribution in [2.24, 2.45) is 5.73 Å². The molecule has 0 unspecified atom stereocenters. The summed E-state index contributed by atoms with van der Waals surface area (Å²) in [6, 6.07) is 4.45. The van der Waals surface area contributed by atoms with Crippen molar-refractivity contribution in [2.45, 2.75) is 57.5 Å². The van der Waals surface area contributed by atoms with Crippen LogP contribution in [0, 0.1) is 0 Å². The summed E-state index contributed by atoms with van der Waals surface area (Å²) >= 11 is 0. The van der Waals surface area contributed by atoms with E-state index in [2.05, 4.69) is 9.88 Å². The third-order valence-electron chi connectivity index (χ3n) is 3.76. The molecule has 0 aliphatic heterocycles. The van der Waals surface area contributed by atoms with Crippen LogP contribution in [-0.2, 0) is 11.3 Å². The molecule has 4 nitrogen and oxygen atoms in total. The van der Waals surface area contributed by atoms with Crippen LogP contribution < -0.4 is 5.73 Å². The van der Waals surface area contributed by atoms with Crippen LogP contribution in [0.25, 0.3) is 0 Å². The molecule has 1 amide bonds. The van der Waals surface area contributed by atoms with E-state index in [0.717, 1.165) is 51.6 Å². The van der Waals surface area contributed by atoms with Gasteiger partial charge >= 0.3 is 0 Å². The van der Waals surface area contributed by atoms with Crippen LogP contribution in [0.5, 0.6) is 0 Å². The largest absolute Gasteiger partial charge is 0.335 e. The lowest BCUT2D eigenvalue weighted by Gasteiger charge is -2.22. The van der Waals surface area contributed by atoms with Gasteiger partial charge in [-0.2, -0.15) is 0 Å². The van der Waals surface area contributed by atoms with E-state index in [1.807, 2.05) is 12.1 Å². The van der Waals surface area contributed by atoms with Gasteiger partial charge in [-0.25, -0.2) is 0 Å². The Labute approximate surface area is 121 Å². The molecular formula is C16H25N3O. The number of carbonyl (C=O) groups excluding carboxylic acids is 1. The standard InChI is InChI=1S/C16H25N3O/c17-10-4-2-1-3-5-16(20)19(15-6-7-15)13-14-8-11-18-12-9-14/h8-9,11-12,15H,1-7,10,13,17H2. The Morgan fingerprint density at radius 2 is 1.90 bits per heavy atom. The smallest absolute Gasteiger partial charge is 0.223 e. The molecule has 20 heavy (non-hydrogen) atoms. The van der Waals surface area contributed by atoms with Gasteiger partial charge in [0.25, 0.3) is 0 Å². The van der Waals surface area contributed by atoms with Crippen LogP contribution in [-0.4, -0.2) is 28.4 Å². The number of unbranched alkanes of at least 4 members (excludes halogenated alkanes) is 3. The summed E-state index contributed by atoms with van der Waals surface area (Å²) in [4.78, 5) is 18.4. The second-order valence-electron chi connectivity index (χ2n) is 5.56. The summed E-state index contributed by atoms with van der Waals surface area (Å²) in [6.07, 6.45) is 10.9. The number of aromatic nitrogens is 1. The first kappa shape index (κ1) is 15.0. The van der Waals surface area contributed by atoms with Gasteiger partial charge in [-0.05, 0) is 49.9 Å². The zero-order valence-electron chi connectivity index (χ0n) is 12.1. The topological polar surface area (TPSA) is 59.2 Å². The summed E-state index contributed by atoms with van der Waals surface area (Å²) in [7, 11) is 0. The van der Waals surface area contributed by atoms with E-state index in [-0.39, 0.29) is 0 Å². The quantitative estimate of drug-likeness (QED) is 0.704. The maximum absolute atomic E-state index is 12.3. The Bertz CT molecular complexity index is 403. The molecule has 2 N–H and O–H groups in total. The zero-order chi connectivity index (χ0) is 14.2. The van der Waals surface area contributed by atoms with Crippen LogP contribution in [0.1, 0.15) is 50.5 Å². The van der Waals surface area contributed by atoms with Crippen molar-refractivity contribution in [3.8, 4) is 0 Å².